The van der Waals surface area contributed by atoms with Gasteiger partial charge in [0.25, 0.3) is 0 Å². The molecule has 1 aromatic carbocycles. The summed E-state index contributed by atoms with van der Waals surface area (Å²) in [5, 5.41) is 0.990. The fourth-order valence-electron chi connectivity index (χ4n) is 1.66. The van der Waals surface area contributed by atoms with Crippen LogP contribution in [0.15, 0.2) is 12.1 Å². The van der Waals surface area contributed by atoms with Crippen molar-refractivity contribution in [1.82, 2.24) is 4.98 Å². The van der Waals surface area contributed by atoms with Gasteiger partial charge in [-0.15, -0.1) is 0 Å². The average molecular weight is 236 g/mol. The van der Waals surface area contributed by atoms with E-state index in [4.69, 9.17) is 11.5 Å². The lowest BCUT2D eigenvalue weighted by Crippen LogP contribution is -2.21. The highest BCUT2D eigenvalue weighted by molar-refractivity contribution is 7.22. The van der Waals surface area contributed by atoms with Crippen LogP contribution in [-0.2, 0) is 0 Å². The maximum atomic E-state index is 5.92. The van der Waals surface area contributed by atoms with Crippen molar-refractivity contribution in [3.8, 4) is 0 Å². The highest BCUT2D eigenvalue weighted by Crippen LogP contribution is 2.35. The Kier molecular flexibility index (Phi) is 2.87. The van der Waals surface area contributed by atoms with Gasteiger partial charge in [-0.1, -0.05) is 11.3 Å². The molecule has 0 saturated carbocycles. The molecule has 86 valence electrons. The number of anilines is 3. The molecule has 2 aromatic rings. The van der Waals surface area contributed by atoms with Crippen LogP contribution in [0, 0.1) is 0 Å². The molecule has 1 heterocycles. The number of aromatic nitrogens is 1. The number of hydrogen-bond donors (Lipinski definition) is 2. The normalized spacial score (nSPS) is 10.9. The lowest BCUT2D eigenvalue weighted by molar-refractivity contribution is 0.862. The minimum Gasteiger partial charge on any atom is -0.398 e. The van der Waals surface area contributed by atoms with Crippen molar-refractivity contribution < 1.29 is 0 Å². The molecular weight excluding hydrogens is 220 g/mol. The third kappa shape index (κ3) is 1.67. The van der Waals surface area contributed by atoms with E-state index in [1.165, 1.54) is 0 Å². The van der Waals surface area contributed by atoms with E-state index in [9.17, 15) is 0 Å². The van der Waals surface area contributed by atoms with Gasteiger partial charge in [-0.25, -0.2) is 4.98 Å². The van der Waals surface area contributed by atoms with Gasteiger partial charge in [0.15, 0.2) is 5.13 Å². The maximum Gasteiger partial charge on any atom is 0.186 e. The molecule has 5 heteroatoms. The molecule has 0 fully saturated rings. The van der Waals surface area contributed by atoms with E-state index < -0.39 is 0 Å². The smallest absolute Gasteiger partial charge is 0.186 e. The molecule has 0 bridgehead atoms. The molecular formula is C11H16N4S. The second kappa shape index (κ2) is 4.17. The number of fused-ring (bicyclic) bond motifs is 1. The summed E-state index contributed by atoms with van der Waals surface area (Å²) in [4.78, 5) is 6.75. The molecule has 0 atom stereocenters. The highest BCUT2D eigenvalue weighted by atomic mass is 32.1. The molecule has 0 unspecified atom stereocenters. The summed E-state index contributed by atoms with van der Waals surface area (Å²) in [6.07, 6.45) is 0. The SMILES string of the molecule is CCN(CC)c1nc2c(N)ccc(N)c2s1. The van der Waals surface area contributed by atoms with E-state index in [1.54, 1.807) is 11.3 Å². The minimum absolute atomic E-state index is 0.693. The Morgan fingerprint density at radius 1 is 1.19 bits per heavy atom. The molecule has 0 spiro atoms. The van der Waals surface area contributed by atoms with E-state index >= 15 is 0 Å². The van der Waals surface area contributed by atoms with Gasteiger partial charge in [0, 0.05) is 13.1 Å². The molecule has 4 N–H and O–H groups in total. The van der Waals surface area contributed by atoms with Gasteiger partial charge in [0.2, 0.25) is 0 Å². The first-order valence-electron chi connectivity index (χ1n) is 5.36. The summed E-state index contributed by atoms with van der Waals surface area (Å²) in [5.41, 5.74) is 14.1. The Morgan fingerprint density at radius 3 is 2.38 bits per heavy atom. The predicted molar refractivity (Wildman–Crippen MR) is 72.0 cm³/mol. The molecule has 16 heavy (non-hydrogen) atoms. The van der Waals surface area contributed by atoms with Crippen LogP contribution in [0.4, 0.5) is 16.5 Å². The predicted octanol–water partition coefficient (Wildman–Crippen LogP) is 2.31. The molecule has 1 aromatic heterocycles. The van der Waals surface area contributed by atoms with Crippen LogP contribution >= 0.6 is 11.3 Å². The Morgan fingerprint density at radius 2 is 1.81 bits per heavy atom. The van der Waals surface area contributed by atoms with E-state index in [-0.39, 0.29) is 0 Å². The molecule has 4 nitrogen and oxygen atoms in total. The van der Waals surface area contributed by atoms with Gasteiger partial charge < -0.3 is 16.4 Å². The highest BCUT2D eigenvalue weighted by Gasteiger charge is 2.12. The van der Waals surface area contributed by atoms with E-state index in [0.29, 0.717) is 5.69 Å². The van der Waals surface area contributed by atoms with Gasteiger partial charge in [-0.3, -0.25) is 0 Å². The van der Waals surface area contributed by atoms with Crippen LogP contribution in [-0.4, -0.2) is 18.1 Å². The first kappa shape index (κ1) is 11.0. The van der Waals surface area contributed by atoms with Gasteiger partial charge in [-0.2, -0.15) is 0 Å². The zero-order chi connectivity index (χ0) is 11.7. The number of hydrogen-bond acceptors (Lipinski definition) is 5. The standard InChI is InChI=1S/C11H16N4S/c1-3-15(4-2)11-14-9-7(12)5-6-8(13)10(9)16-11/h5-6H,3-4,12-13H2,1-2H3. The summed E-state index contributed by atoms with van der Waals surface area (Å²) < 4.78 is 0.988. The lowest BCUT2D eigenvalue weighted by Gasteiger charge is -2.16. The van der Waals surface area contributed by atoms with E-state index in [1.807, 2.05) is 12.1 Å². The number of nitrogens with two attached hydrogens (primary N) is 2. The Balaban J connectivity index is 2.59. The van der Waals surface area contributed by atoms with Gasteiger partial charge >= 0.3 is 0 Å². The quantitative estimate of drug-likeness (QED) is 0.802. The van der Waals surface area contributed by atoms with Crippen molar-refractivity contribution in [1.29, 1.82) is 0 Å². The van der Waals surface area contributed by atoms with E-state index in [0.717, 1.165) is 34.1 Å². The van der Waals surface area contributed by atoms with Crippen molar-refractivity contribution in [3.05, 3.63) is 12.1 Å². The van der Waals surface area contributed by atoms with Crippen molar-refractivity contribution in [2.45, 2.75) is 13.8 Å². The van der Waals surface area contributed by atoms with Gasteiger partial charge in [0.1, 0.15) is 5.52 Å². The van der Waals surface area contributed by atoms with Crippen molar-refractivity contribution >= 4 is 38.1 Å². The minimum atomic E-state index is 0.693. The summed E-state index contributed by atoms with van der Waals surface area (Å²) >= 11 is 1.61. The third-order valence-electron chi connectivity index (χ3n) is 2.63. The largest absolute Gasteiger partial charge is 0.398 e. The molecule has 0 radical (unpaired) electrons. The van der Waals surface area contributed by atoms with Crippen molar-refractivity contribution in [2.75, 3.05) is 29.5 Å². The monoisotopic (exact) mass is 236 g/mol. The molecule has 2 rings (SSSR count). The summed E-state index contributed by atoms with van der Waals surface area (Å²) in [6.45, 7) is 6.11. The Hall–Kier alpha value is -1.49. The maximum absolute atomic E-state index is 5.92. The zero-order valence-corrected chi connectivity index (χ0v) is 10.3. The first-order valence-corrected chi connectivity index (χ1v) is 6.18. The summed E-state index contributed by atoms with van der Waals surface area (Å²) in [7, 11) is 0. The number of benzene rings is 1. The number of thiazole rings is 1. The summed E-state index contributed by atoms with van der Waals surface area (Å²) in [6, 6.07) is 3.64. The molecule has 0 aliphatic rings. The molecule has 0 saturated heterocycles. The molecule has 0 amide bonds. The second-order valence-electron chi connectivity index (χ2n) is 3.59. The molecule has 0 aliphatic carbocycles. The van der Waals surface area contributed by atoms with Crippen LogP contribution in [0.1, 0.15) is 13.8 Å². The fourth-order valence-corrected chi connectivity index (χ4v) is 2.82. The molecule has 0 aliphatic heterocycles. The lowest BCUT2D eigenvalue weighted by atomic mass is 10.2. The Bertz CT molecular complexity index is 463. The number of nitrogens with zero attached hydrogens (tertiary/aromatic N) is 2. The van der Waals surface area contributed by atoms with Crippen LogP contribution in [0.25, 0.3) is 10.2 Å². The van der Waals surface area contributed by atoms with Crippen LogP contribution in [0.3, 0.4) is 0 Å². The topological polar surface area (TPSA) is 68.2 Å². The average Bonchev–Trinajstić information content (AvgIpc) is 2.71. The number of rotatable bonds is 3. The fraction of sp³-hybridized carbons (Fsp3) is 0.364. The van der Waals surface area contributed by atoms with Crippen LogP contribution in [0.5, 0.6) is 0 Å². The summed E-state index contributed by atoms with van der Waals surface area (Å²) in [5.74, 6) is 0. The third-order valence-corrected chi connectivity index (χ3v) is 3.79. The van der Waals surface area contributed by atoms with Crippen molar-refractivity contribution in [2.24, 2.45) is 0 Å². The Labute approximate surface area is 98.9 Å². The number of nitrogen functional groups attached to an aromatic ring is 2. The van der Waals surface area contributed by atoms with Gasteiger partial charge in [0.05, 0.1) is 16.1 Å². The van der Waals surface area contributed by atoms with E-state index in [2.05, 4.69) is 23.7 Å². The van der Waals surface area contributed by atoms with Crippen molar-refractivity contribution in [3.63, 3.8) is 0 Å². The zero-order valence-electron chi connectivity index (χ0n) is 9.53. The van der Waals surface area contributed by atoms with Crippen LogP contribution < -0.4 is 16.4 Å². The van der Waals surface area contributed by atoms with Crippen LogP contribution in [0.2, 0.25) is 0 Å². The van der Waals surface area contributed by atoms with Gasteiger partial charge in [-0.05, 0) is 26.0 Å². The first-order chi connectivity index (χ1) is 7.67. The second-order valence-corrected chi connectivity index (χ2v) is 4.57.